The first kappa shape index (κ1) is 8.54. The van der Waals surface area contributed by atoms with Crippen LogP contribution in [0, 0.1) is 6.92 Å². The summed E-state index contributed by atoms with van der Waals surface area (Å²) in [5.41, 5.74) is -0.513. The zero-order valence-electron chi connectivity index (χ0n) is 6.47. The third-order valence-corrected chi connectivity index (χ3v) is 1.39. The molecule has 0 unspecified atom stereocenters. The Morgan fingerprint density at radius 2 is 2.08 bits per heavy atom. The highest BCUT2D eigenvalue weighted by atomic mass is 16.3. The monoisotopic (exact) mass is 171 g/mol. The predicted molar refractivity (Wildman–Crippen MR) is 43.1 cm³/mol. The number of aromatic nitrogens is 2. The zero-order valence-corrected chi connectivity index (χ0v) is 6.47. The average molecular weight is 171 g/mol. The summed E-state index contributed by atoms with van der Waals surface area (Å²) in [6, 6.07) is 0. The fourth-order valence-corrected chi connectivity index (χ4v) is 0.892. The number of aryl methyl sites for hydroxylation is 1. The molecule has 12 heavy (non-hydrogen) atoms. The number of aliphatic hydroxyl groups excluding tert-OH is 1. The highest BCUT2D eigenvalue weighted by Crippen LogP contribution is 1.99. The number of anilines is 1. The second kappa shape index (κ2) is 3.22. The Morgan fingerprint density at radius 3 is 2.58 bits per heavy atom. The van der Waals surface area contributed by atoms with E-state index in [0.29, 0.717) is 5.69 Å². The molecule has 0 saturated carbocycles. The van der Waals surface area contributed by atoms with Gasteiger partial charge in [-0.15, -0.1) is 0 Å². The number of aliphatic hydroxyl groups is 1. The van der Waals surface area contributed by atoms with E-state index in [-0.39, 0.29) is 12.4 Å². The van der Waals surface area contributed by atoms with Gasteiger partial charge in [0.25, 0.3) is 5.56 Å². The molecule has 6 heteroatoms. The fraction of sp³-hybridized carbons (Fsp3) is 0.333. The number of nitrogens with one attached hydrogen (secondary N) is 3. The van der Waals surface area contributed by atoms with E-state index in [1.807, 2.05) is 4.98 Å². The molecule has 0 aliphatic rings. The summed E-state index contributed by atoms with van der Waals surface area (Å²) in [5, 5.41) is 10.9. The first-order valence-corrected chi connectivity index (χ1v) is 3.33. The number of hydrogen-bond acceptors (Lipinski definition) is 4. The molecule has 66 valence electrons. The van der Waals surface area contributed by atoms with Crippen LogP contribution >= 0.6 is 0 Å². The third-order valence-electron chi connectivity index (χ3n) is 1.39. The van der Waals surface area contributed by atoms with Gasteiger partial charge in [-0.1, -0.05) is 0 Å². The maximum atomic E-state index is 11.0. The smallest absolute Gasteiger partial charge is 0.326 e. The van der Waals surface area contributed by atoms with E-state index in [9.17, 15) is 9.59 Å². The molecule has 1 heterocycles. The standard InChI is InChI=1S/C6H9N3O3/c1-3-4(7-2-10)5(11)9-6(12)8-3/h7,10H,2H2,1H3,(H2,8,9,11,12). The molecule has 0 fully saturated rings. The molecule has 6 nitrogen and oxygen atoms in total. The summed E-state index contributed by atoms with van der Waals surface area (Å²) in [6.45, 7) is 1.21. The number of H-pyrrole nitrogens is 2. The normalized spacial score (nSPS) is 9.83. The van der Waals surface area contributed by atoms with Gasteiger partial charge in [-0.25, -0.2) is 4.79 Å². The topological polar surface area (TPSA) is 98.0 Å². The van der Waals surface area contributed by atoms with Crippen molar-refractivity contribution in [3.05, 3.63) is 26.5 Å². The van der Waals surface area contributed by atoms with Gasteiger partial charge in [-0.05, 0) is 6.92 Å². The van der Waals surface area contributed by atoms with Crippen molar-refractivity contribution in [1.82, 2.24) is 9.97 Å². The Labute approximate surface area is 67.3 Å². The SMILES string of the molecule is Cc1[nH]c(=O)[nH]c(=O)c1NCO. The zero-order chi connectivity index (χ0) is 9.14. The molecule has 0 saturated heterocycles. The summed E-state index contributed by atoms with van der Waals surface area (Å²) in [5.74, 6) is 0. The van der Waals surface area contributed by atoms with Crippen molar-refractivity contribution in [3.8, 4) is 0 Å². The summed E-state index contributed by atoms with van der Waals surface area (Å²) in [4.78, 5) is 26.1. The van der Waals surface area contributed by atoms with Gasteiger partial charge in [0.1, 0.15) is 12.4 Å². The molecule has 0 radical (unpaired) electrons. The van der Waals surface area contributed by atoms with Crippen molar-refractivity contribution in [3.63, 3.8) is 0 Å². The van der Waals surface area contributed by atoms with E-state index >= 15 is 0 Å². The molecule has 0 aliphatic heterocycles. The maximum Gasteiger partial charge on any atom is 0.326 e. The number of hydrogen-bond donors (Lipinski definition) is 4. The first-order chi connectivity index (χ1) is 5.65. The van der Waals surface area contributed by atoms with Crippen molar-refractivity contribution in [2.75, 3.05) is 12.0 Å². The number of aromatic amines is 2. The minimum atomic E-state index is -0.555. The van der Waals surface area contributed by atoms with Crippen LogP contribution in [-0.2, 0) is 0 Å². The van der Waals surface area contributed by atoms with E-state index in [4.69, 9.17) is 5.11 Å². The van der Waals surface area contributed by atoms with Crippen molar-refractivity contribution < 1.29 is 5.11 Å². The molecular weight excluding hydrogens is 162 g/mol. The molecular formula is C6H9N3O3. The Kier molecular flexibility index (Phi) is 2.29. The third kappa shape index (κ3) is 1.54. The van der Waals surface area contributed by atoms with E-state index in [1.54, 1.807) is 6.92 Å². The van der Waals surface area contributed by atoms with Gasteiger partial charge in [0.05, 0.1) is 0 Å². The summed E-state index contributed by atoms with van der Waals surface area (Å²) >= 11 is 0. The summed E-state index contributed by atoms with van der Waals surface area (Å²) in [6.07, 6.45) is 0. The van der Waals surface area contributed by atoms with Crippen molar-refractivity contribution in [2.24, 2.45) is 0 Å². The van der Waals surface area contributed by atoms with Crippen LogP contribution in [0.3, 0.4) is 0 Å². The van der Waals surface area contributed by atoms with Crippen LogP contribution in [0.1, 0.15) is 5.69 Å². The minimum Gasteiger partial charge on any atom is -0.377 e. The van der Waals surface area contributed by atoms with Gasteiger partial charge in [0.2, 0.25) is 0 Å². The van der Waals surface area contributed by atoms with Crippen LogP contribution in [0.4, 0.5) is 5.69 Å². The van der Waals surface area contributed by atoms with Crippen LogP contribution in [-0.4, -0.2) is 21.8 Å². The molecule has 0 aliphatic carbocycles. The Hall–Kier alpha value is -1.56. The van der Waals surface area contributed by atoms with Crippen molar-refractivity contribution in [2.45, 2.75) is 6.92 Å². The Balaban J connectivity index is 3.29. The predicted octanol–water partition coefficient (Wildman–Crippen LogP) is -1.27. The fourth-order valence-electron chi connectivity index (χ4n) is 0.892. The van der Waals surface area contributed by atoms with Gasteiger partial charge >= 0.3 is 5.69 Å². The second-order valence-corrected chi connectivity index (χ2v) is 2.24. The van der Waals surface area contributed by atoms with Crippen LogP contribution in [0.25, 0.3) is 0 Å². The minimum absolute atomic E-state index is 0.178. The van der Waals surface area contributed by atoms with Crippen LogP contribution in [0.2, 0.25) is 0 Å². The Bertz CT molecular complexity index is 378. The molecule has 1 rings (SSSR count). The maximum absolute atomic E-state index is 11.0. The van der Waals surface area contributed by atoms with Crippen LogP contribution in [0.15, 0.2) is 9.59 Å². The lowest BCUT2D eigenvalue weighted by Gasteiger charge is -2.02. The highest BCUT2D eigenvalue weighted by molar-refractivity contribution is 5.43. The highest BCUT2D eigenvalue weighted by Gasteiger charge is 2.02. The molecule has 0 amide bonds. The van der Waals surface area contributed by atoms with E-state index < -0.39 is 11.2 Å². The van der Waals surface area contributed by atoms with E-state index in [0.717, 1.165) is 0 Å². The first-order valence-electron chi connectivity index (χ1n) is 3.33. The van der Waals surface area contributed by atoms with E-state index in [2.05, 4.69) is 10.3 Å². The van der Waals surface area contributed by atoms with Crippen LogP contribution in [0.5, 0.6) is 0 Å². The molecule has 0 aromatic carbocycles. The molecule has 0 bridgehead atoms. The molecule has 0 atom stereocenters. The molecule has 1 aromatic rings. The Morgan fingerprint density at radius 1 is 1.42 bits per heavy atom. The lowest BCUT2D eigenvalue weighted by Crippen LogP contribution is -2.26. The summed E-state index contributed by atoms with van der Waals surface area (Å²) < 4.78 is 0. The average Bonchev–Trinajstić information content (AvgIpc) is 1.96. The van der Waals surface area contributed by atoms with Gasteiger partial charge in [-0.2, -0.15) is 0 Å². The lowest BCUT2D eigenvalue weighted by atomic mass is 10.4. The van der Waals surface area contributed by atoms with Crippen molar-refractivity contribution in [1.29, 1.82) is 0 Å². The van der Waals surface area contributed by atoms with Gasteiger partial charge in [0, 0.05) is 5.69 Å². The summed E-state index contributed by atoms with van der Waals surface area (Å²) in [7, 11) is 0. The molecule has 1 aromatic heterocycles. The van der Waals surface area contributed by atoms with Gasteiger partial charge in [0.15, 0.2) is 0 Å². The van der Waals surface area contributed by atoms with Crippen LogP contribution < -0.4 is 16.6 Å². The van der Waals surface area contributed by atoms with E-state index in [1.165, 1.54) is 0 Å². The largest absolute Gasteiger partial charge is 0.377 e. The van der Waals surface area contributed by atoms with Gasteiger partial charge in [-0.3, -0.25) is 9.78 Å². The second-order valence-electron chi connectivity index (χ2n) is 2.24. The molecule has 0 spiro atoms. The van der Waals surface area contributed by atoms with Crippen molar-refractivity contribution >= 4 is 5.69 Å². The molecule has 4 N–H and O–H groups in total. The van der Waals surface area contributed by atoms with Gasteiger partial charge < -0.3 is 15.4 Å². The number of rotatable bonds is 2. The lowest BCUT2D eigenvalue weighted by molar-refractivity contribution is 0.325. The quantitative estimate of drug-likeness (QED) is 0.417.